The van der Waals surface area contributed by atoms with Crippen LogP contribution in [0.4, 0.5) is 0 Å². The van der Waals surface area contributed by atoms with Crippen molar-refractivity contribution < 1.29 is 28.6 Å². The van der Waals surface area contributed by atoms with Crippen LogP contribution in [0.25, 0.3) is 0 Å². The molecule has 0 amide bonds. The summed E-state index contributed by atoms with van der Waals surface area (Å²) >= 11 is 0. The van der Waals surface area contributed by atoms with Crippen LogP contribution < -0.4 is 0 Å². The molecule has 0 aromatic heterocycles. The van der Waals surface area contributed by atoms with Gasteiger partial charge in [0.25, 0.3) is 0 Å². The molecule has 2 unspecified atom stereocenters. The highest BCUT2D eigenvalue weighted by Crippen LogP contribution is 2.20. The van der Waals surface area contributed by atoms with E-state index in [1.807, 2.05) is 0 Å². The molecule has 6 heteroatoms. The number of unbranched alkanes of at least 4 members (excludes halogenated alkanes) is 37. The highest BCUT2D eigenvalue weighted by Gasteiger charge is 2.19. The first-order valence-electron chi connectivity index (χ1n) is 31.2. The summed E-state index contributed by atoms with van der Waals surface area (Å²) < 4.78 is 16.9. The van der Waals surface area contributed by atoms with Gasteiger partial charge in [-0.15, -0.1) is 0 Å². The molecule has 0 aromatic carbocycles. The van der Waals surface area contributed by atoms with Crippen LogP contribution in [-0.4, -0.2) is 37.2 Å². The molecule has 0 radical (unpaired) electrons. The van der Waals surface area contributed by atoms with Crippen molar-refractivity contribution >= 4 is 17.9 Å². The number of carbonyl (C=O) groups excluding carboxylic acids is 3. The molecule has 0 rings (SSSR count). The summed E-state index contributed by atoms with van der Waals surface area (Å²) in [5.74, 6) is 1.76. The van der Waals surface area contributed by atoms with Crippen LogP contribution in [0, 0.1) is 17.8 Å². The van der Waals surface area contributed by atoms with E-state index in [0.29, 0.717) is 19.3 Å². The maximum atomic E-state index is 12.9. The largest absolute Gasteiger partial charge is 0.462 e. The third kappa shape index (κ3) is 54.0. The molecule has 69 heavy (non-hydrogen) atoms. The molecule has 3 atom stereocenters. The SMILES string of the molecule is CCC(C)CCCCCCCCCCCCCCCCCCCCC(=O)OC[C@H](COC(=O)CCCCCCCCCCCCCCCCC(C)C)OC(=O)CCCCCCCCCCC(C)CC. The lowest BCUT2D eigenvalue weighted by molar-refractivity contribution is -0.167. The lowest BCUT2D eigenvalue weighted by Crippen LogP contribution is -2.30. The van der Waals surface area contributed by atoms with Gasteiger partial charge in [-0.1, -0.05) is 311 Å². The first kappa shape index (κ1) is 67.4. The van der Waals surface area contributed by atoms with Gasteiger partial charge in [-0.25, -0.2) is 0 Å². The van der Waals surface area contributed by atoms with E-state index in [0.717, 1.165) is 75.5 Å². The Kier molecular flexibility index (Phi) is 52.9. The smallest absolute Gasteiger partial charge is 0.306 e. The Balaban J connectivity index is 4.22. The maximum Gasteiger partial charge on any atom is 0.306 e. The fourth-order valence-corrected chi connectivity index (χ4v) is 9.64. The summed E-state index contributed by atoms with van der Waals surface area (Å²) in [6, 6.07) is 0. The number of hydrogen-bond acceptors (Lipinski definition) is 6. The van der Waals surface area contributed by atoms with Crippen LogP contribution >= 0.6 is 0 Å². The highest BCUT2D eigenvalue weighted by atomic mass is 16.6. The first-order chi connectivity index (χ1) is 33.7. The van der Waals surface area contributed by atoms with Crippen molar-refractivity contribution in [3.05, 3.63) is 0 Å². The Morgan fingerprint density at radius 2 is 0.507 bits per heavy atom. The summed E-state index contributed by atoms with van der Waals surface area (Å²) in [5.41, 5.74) is 0. The van der Waals surface area contributed by atoms with Gasteiger partial charge in [-0.2, -0.15) is 0 Å². The molecule has 0 aliphatic carbocycles. The zero-order valence-electron chi connectivity index (χ0n) is 47.6. The van der Waals surface area contributed by atoms with Gasteiger partial charge in [0.15, 0.2) is 6.10 Å². The van der Waals surface area contributed by atoms with Gasteiger partial charge in [0.2, 0.25) is 0 Å². The fraction of sp³-hybridized carbons (Fsp3) is 0.952. The number of rotatable bonds is 56. The van der Waals surface area contributed by atoms with Gasteiger partial charge >= 0.3 is 17.9 Å². The van der Waals surface area contributed by atoms with Gasteiger partial charge in [0, 0.05) is 19.3 Å². The summed E-state index contributed by atoms with van der Waals surface area (Å²) in [4.78, 5) is 38.2. The van der Waals surface area contributed by atoms with E-state index in [1.165, 1.54) is 231 Å². The van der Waals surface area contributed by atoms with Crippen molar-refractivity contribution in [2.75, 3.05) is 13.2 Å². The van der Waals surface area contributed by atoms with Crippen LogP contribution in [-0.2, 0) is 28.6 Å². The van der Waals surface area contributed by atoms with Gasteiger partial charge in [-0.05, 0) is 37.0 Å². The van der Waals surface area contributed by atoms with E-state index < -0.39 is 6.10 Å². The van der Waals surface area contributed by atoms with Gasteiger partial charge in [0.05, 0.1) is 0 Å². The topological polar surface area (TPSA) is 78.9 Å². The number of carbonyl (C=O) groups is 3. The molecule has 0 saturated heterocycles. The van der Waals surface area contributed by atoms with Crippen LogP contribution in [0.15, 0.2) is 0 Å². The summed E-state index contributed by atoms with van der Waals surface area (Å²) in [5, 5.41) is 0. The predicted molar refractivity (Wildman–Crippen MR) is 298 cm³/mol. The molecule has 0 saturated carbocycles. The van der Waals surface area contributed by atoms with Crippen molar-refractivity contribution in [2.45, 2.75) is 356 Å². The molecule has 0 aromatic rings. The van der Waals surface area contributed by atoms with E-state index in [-0.39, 0.29) is 31.1 Å². The second-order valence-electron chi connectivity index (χ2n) is 22.7. The molecule has 0 N–H and O–H groups in total. The third-order valence-electron chi connectivity index (χ3n) is 15.1. The van der Waals surface area contributed by atoms with Crippen LogP contribution in [0.5, 0.6) is 0 Å². The number of ether oxygens (including phenoxy) is 3. The Bertz CT molecular complexity index is 1070. The van der Waals surface area contributed by atoms with E-state index >= 15 is 0 Å². The molecule has 410 valence electrons. The molecular weight excluding hydrogens is 853 g/mol. The van der Waals surface area contributed by atoms with Crippen molar-refractivity contribution in [2.24, 2.45) is 17.8 Å². The van der Waals surface area contributed by atoms with Crippen molar-refractivity contribution in [3.8, 4) is 0 Å². The molecule has 0 bridgehead atoms. The van der Waals surface area contributed by atoms with E-state index in [4.69, 9.17) is 14.2 Å². The van der Waals surface area contributed by atoms with E-state index in [1.54, 1.807) is 0 Å². The molecule has 0 aliphatic heterocycles. The third-order valence-corrected chi connectivity index (χ3v) is 15.1. The zero-order valence-corrected chi connectivity index (χ0v) is 47.6. The average molecular weight is 976 g/mol. The molecule has 0 spiro atoms. The first-order valence-corrected chi connectivity index (χ1v) is 31.2. The minimum absolute atomic E-state index is 0.0634. The lowest BCUT2D eigenvalue weighted by atomic mass is 9.99. The Hall–Kier alpha value is -1.59. The molecule has 0 heterocycles. The summed E-state index contributed by atoms with van der Waals surface area (Å²) in [6.07, 6.45) is 58.1. The quantitative estimate of drug-likeness (QED) is 0.0343. The molecular formula is C63H122O6. The Morgan fingerprint density at radius 3 is 0.754 bits per heavy atom. The average Bonchev–Trinajstić information content (AvgIpc) is 3.34. The van der Waals surface area contributed by atoms with Crippen LogP contribution in [0.1, 0.15) is 350 Å². The Morgan fingerprint density at radius 1 is 0.290 bits per heavy atom. The number of esters is 3. The summed E-state index contributed by atoms with van der Waals surface area (Å²) in [6.45, 7) is 13.8. The van der Waals surface area contributed by atoms with E-state index in [2.05, 4.69) is 41.5 Å². The van der Waals surface area contributed by atoms with Crippen molar-refractivity contribution in [1.82, 2.24) is 0 Å². The second kappa shape index (κ2) is 54.2. The van der Waals surface area contributed by atoms with Crippen molar-refractivity contribution in [1.29, 1.82) is 0 Å². The monoisotopic (exact) mass is 975 g/mol. The summed E-state index contributed by atoms with van der Waals surface area (Å²) in [7, 11) is 0. The number of hydrogen-bond donors (Lipinski definition) is 0. The zero-order chi connectivity index (χ0) is 50.5. The van der Waals surface area contributed by atoms with Crippen LogP contribution in [0.3, 0.4) is 0 Å². The van der Waals surface area contributed by atoms with Gasteiger partial charge < -0.3 is 14.2 Å². The predicted octanol–water partition coefficient (Wildman–Crippen LogP) is 20.7. The van der Waals surface area contributed by atoms with Gasteiger partial charge in [0.1, 0.15) is 13.2 Å². The maximum absolute atomic E-state index is 12.9. The minimum atomic E-state index is -0.764. The highest BCUT2D eigenvalue weighted by molar-refractivity contribution is 5.71. The molecule has 6 nitrogen and oxygen atoms in total. The minimum Gasteiger partial charge on any atom is -0.462 e. The Labute approximate surface area is 431 Å². The molecule has 0 aliphatic rings. The fourth-order valence-electron chi connectivity index (χ4n) is 9.64. The van der Waals surface area contributed by atoms with E-state index in [9.17, 15) is 14.4 Å². The molecule has 0 fully saturated rings. The lowest BCUT2D eigenvalue weighted by Gasteiger charge is -2.18. The normalized spacial score (nSPS) is 12.9. The van der Waals surface area contributed by atoms with Crippen LogP contribution in [0.2, 0.25) is 0 Å². The standard InChI is InChI=1S/C63H122O6/c1-7-58(5)50-44-38-32-26-22-18-13-11-9-10-12-14-19-23-27-34-40-46-52-61(64)67-55-60(69-63(66)54-48-42-36-30-29-33-39-45-51-59(6)8-2)56-68-62(65)53-47-41-35-28-24-20-16-15-17-21-25-31-37-43-49-57(3)4/h57-60H,7-56H2,1-6H3/t58?,59?,60-/m1/s1. The second-order valence-corrected chi connectivity index (χ2v) is 22.7. The van der Waals surface area contributed by atoms with Gasteiger partial charge in [-0.3, -0.25) is 14.4 Å². The van der Waals surface area contributed by atoms with Crippen molar-refractivity contribution in [3.63, 3.8) is 0 Å².